The number of hydrogen-bond acceptors (Lipinski definition) is 3. The van der Waals surface area contributed by atoms with E-state index in [9.17, 15) is 9.90 Å². The molecule has 5 heteroatoms. The summed E-state index contributed by atoms with van der Waals surface area (Å²) in [5.41, 5.74) is 1.72. The van der Waals surface area contributed by atoms with Gasteiger partial charge in [-0.3, -0.25) is 9.69 Å². The number of halogens is 1. The molecule has 1 amide bonds. The third-order valence-electron chi connectivity index (χ3n) is 3.08. The van der Waals surface area contributed by atoms with E-state index in [1.165, 1.54) is 0 Å². The van der Waals surface area contributed by atoms with E-state index in [2.05, 4.69) is 5.32 Å². The number of amides is 1. The van der Waals surface area contributed by atoms with E-state index in [0.717, 1.165) is 24.2 Å². The first-order valence-corrected chi connectivity index (χ1v) is 6.39. The molecule has 1 aromatic rings. The Hall–Kier alpha value is -1.10. The molecule has 18 heavy (non-hydrogen) atoms. The predicted molar refractivity (Wildman–Crippen MR) is 71.9 cm³/mol. The van der Waals surface area contributed by atoms with Gasteiger partial charge in [0.25, 0.3) is 0 Å². The van der Waals surface area contributed by atoms with Crippen LogP contribution in [0.5, 0.6) is 0 Å². The zero-order chi connectivity index (χ0) is 13.1. The van der Waals surface area contributed by atoms with Crippen LogP contribution in [0.3, 0.4) is 0 Å². The molecular weight excluding hydrogens is 252 g/mol. The van der Waals surface area contributed by atoms with Crippen molar-refractivity contribution in [2.24, 2.45) is 0 Å². The molecule has 1 aliphatic rings. The van der Waals surface area contributed by atoms with Crippen LogP contribution in [0, 0.1) is 6.92 Å². The quantitative estimate of drug-likeness (QED) is 0.877. The Bertz CT molecular complexity index is 451. The maximum absolute atomic E-state index is 11.8. The van der Waals surface area contributed by atoms with Gasteiger partial charge < -0.3 is 10.4 Å². The molecule has 2 N–H and O–H groups in total. The minimum atomic E-state index is -0.296. The first-order chi connectivity index (χ1) is 8.54. The van der Waals surface area contributed by atoms with Crippen molar-refractivity contribution in [2.75, 3.05) is 25.0 Å². The Balaban J connectivity index is 1.91. The molecule has 0 aliphatic carbocycles. The number of likely N-dealkylation sites (tertiary alicyclic amines) is 1. The predicted octanol–water partition coefficient (Wildman–Crippen LogP) is 1.65. The van der Waals surface area contributed by atoms with Gasteiger partial charge >= 0.3 is 0 Å². The average Bonchev–Trinajstić information content (AvgIpc) is 2.68. The van der Waals surface area contributed by atoms with Crippen molar-refractivity contribution in [1.29, 1.82) is 0 Å². The van der Waals surface area contributed by atoms with Gasteiger partial charge in [0, 0.05) is 23.8 Å². The Morgan fingerprint density at radius 3 is 3.00 bits per heavy atom. The van der Waals surface area contributed by atoms with Crippen molar-refractivity contribution in [3.63, 3.8) is 0 Å². The lowest BCUT2D eigenvalue weighted by Crippen LogP contribution is -2.32. The third kappa shape index (κ3) is 3.45. The number of aliphatic hydroxyl groups is 1. The maximum Gasteiger partial charge on any atom is 0.238 e. The highest BCUT2D eigenvalue weighted by molar-refractivity contribution is 6.30. The van der Waals surface area contributed by atoms with Crippen LogP contribution in [0.1, 0.15) is 12.0 Å². The standard InChI is InChI=1S/C13H17ClN2O2/c1-9-6-10(14)2-3-12(9)15-13(18)8-16-5-4-11(17)7-16/h2-3,6,11,17H,4-5,7-8H2,1H3,(H,15,18). The second kappa shape index (κ2) is 5.69. The summed E-state index contributed by atoms with van der Waals surface area (Å²) in [5, 5.41) is 12.9. The van der Waals surface area contributed by atoms with E-state index in [-0.39, 0.29) is 12.0 Å². The first kappa shape index (κ1) is 13.3. The van der Waals surface area contributed by atoms with Gasteiger partial charge in [0.2, 0.25) is 5.91 Å². The molecule has 0 saturated carbocycles. The summed E-state index contributed by atoms with van der Waals surface area (Å²) < 4.78 is 0. The highest BCUT2D eigenvalue weighted by atomic mass is 35.5. The van der Waals surface area contributed by atoms with E-state index in [1.54, 1.807) is 12.1 Å². The summed E-state index contributed by atoms with van der Waals surface area (Å²) in [5.74, 6) is -0.0606. The number of β-amino-alcohol motifs (C(OH)–C–C–N with tert-alkyl or cyclic N) is 1. The lowest BCUT2D eigenvalue weighted by Gasteiger charge is -2.15. The van der Waals surface area contributed by atoms with Crippen molar-refractivity contribution in [2.45, 2.75) is 19.4 Å². The van der Waals surface area contributed by atoms with E-state index in [1.807, 2.05) is 17.9 Å². The van der Waals surface area contributed by atoms with Crippen molar-refractivity contribution in [3.8, 4) is 0 Å². The zero-order valence-corrected chi connectivity index (χ0v) is 11.1. The van der Waals surface area contributed by atoms with E-state index >= 15 is 0 Å². The van der Waals surface area contributed by atoms with Crippen molar-refractivity contribution in [3.05, 3.63) is 28.8 Å². The van der Waals surface area contributed by atoms with Crippen molar-refractivity contribution < 1.29 is 9.90 Å². The Morgan fingerprint density at radius 2 is 2.39 bits per heavy atom. The van der Waals surface area contributed by atoms with Crippen molar-refractivity contribution >= 4 is 23.2 Å². The van der Waals surface area contributed by atoms with Gasteiger partial charge in [0.1, 0.15) is 0 Å². The fourth-order valence-corrected chi connectivity index (χ4v) is 2.34. The summed E-state index contributed by atoms with van der Waals surface area (Å²) in [6.07, 6.45) is 0.447. The largest absolute Gasteiger partial charge is 0.392 e. The van der Waals surface area contributed by atoms with Gasteiger partial charge in [-0.15, -0.1) is 0 Å². The highest BCUT2D eigenvalue weighted by Crippen LogP contribution is 2.19. The number of nitrogens with zero attached hydrogens (tertiary/aromatic N) is 1. The van der Waals surface area contributed by atoms with Crippen LogP contribution in [-0.4, -0.2) is 41.7 Å². The average molecular weight is 269 g/mol. The number of hydrogen-bond donors (Lipinski definition) is 2. The van der Waals surface area contributed by atoms with Gasteiger partial charge in [-0.05, 0) is 37.1 Å². The minimum Gasteiger partial charge on any atom is -0.392 e. The molecule has 1 heterocycles. The Kier molecular flexibility index (Phi) is 4.22. The van der Waals surface area contributed by atoms with Crippen LogP contribution < -0.4 is 5.32 Å². The lowest BCUT2D eigenvalue weighted by atomic mass is 10.2. The number of nitrogens with one attached hydrogen (secondary N) is 1. The minimum absolute atomic E-state index is 0.0606. The van der Waals surface area contributed by atoms with Crippen LogP contribution >= 0.6 is 11.6 Å². The van der Waals surface area contributed by atoms with Crippen LogP contribution in [-0.2, 0) is 4.79 Å². The SMILES string of the molecule is Cc1cc(Cl)ccc1NC(=O)CN1CCC(O)C1. The summed E-state index contributed by atoms with van der Waals surface area (Å²) in [7, 11) is 0. The molecule has 0 bridgehead atoms. The molecule has 1 saturated heterocycles. The molecule has 1 unspecified atom stereocenters. The molecule has 2 rings (SSSR count). The molecular formula is C13H17ClN2O2. The number of anilines is 1. The maximum atomic E-state index is 11.8. The van der Waals surface area contributed by atoms with Gasteiger partial charge in [0.05, 0.1) is 12.6 Å². The highest BCUT2D eigenvalue weighted by Gasteiger charge is 2.22. The number of aryl methyl sites for hydroxylation is 1. The number of aliphatic hydroxyl groups excluding tert-OH is 1. The summed E-state index contributed by atoms with van der Waals surface area (Å²) in [4.78, 5) is 13.8. The molecule has 1 aliphatic heterocycles. The smallest absolute Gasteiger partial charge is 0.238 e. The lowest BCUT2D eigenvalue weighted by molar-refractivity contribution is -0.117. The van der Waals surface area contributed by atoms with Crippen LogP contribution in [0.4, 0.5) is 5.69 Å². The van der Waals surface area contributed by atoms with Gasteiger partial charge in [0.15, 0.2) is 0 Å². The first-order valence-electron chi connectivity index (χ1n) is 6.01. The van der Waals surface area contributed by atoms with Gasteiger partial charge in [-0.25, -0.2) is 0 Å². The molecule has 4 nitrogen and oxygen atoms in total. The summed E-state index contributed by atoms with van der Waals surface area (Å²) in [6, 6.07) is 5.37. The second-order valence-electron chi connectivity index (χ2n) is 4.69. The van der Waals surface area contributed by atoms with Crippen LogP contribution in [0.2, 0.25) is 5.02 Å². The molecule has 1 fully saturated rings. The molecule has 1 aromatic carbocycles. The van der Waals surface area contributed by atoms with E-state index < -0.39 is 0 Å². The third-order valence-corrected chi connectivity index (χ3v) is 3.31. The van der Waals surface area contributed by atoms with Crippen molar-refractivity contribution in [1.82, 2.24) is 4.90 Å². The fraction of sp³-hybridized carbons (Fsp3) is 0.462. The molecule has 0 aromatic heterocycles. The molecule has 98 valence electrons. The van der Waals surface area contributed by atoms with Gasteiger partial charge in [-0.2, -0.15) is 0 Å². The fourth-order valence-electron chi connectivity index (χ4n) is 2.12. The monoisotopic (exact) mass is 268 g/mol. The van der Waals surface area contributed by atoms with E-state index in [0.29, 0.717) is 18.1 Å². The normalized spacial score (nSPS) is 20.1. The number of benzene rings is 1. The van der Waals surface area contributed by atoms with Crippen LogP contribution in [0.15, 0.2) is 18.2 Å². The number of carbonyl (C=O) groups excluding carboxylic acids is 1. The molecule has 1 atom stereocenters. The molecule has 0 spiro atoms. The molecule has 0 radical (unpaired) electrons. The topological polar surface area (TPSA) is 52.6 Å². The van der Waals surface area contributed by atoms with Crippen LogP contribution in [0.25, 0.3) is 0 Å². The number of carbonyl (C=O) groups is 1. The van der Waals surface area contributed by atoms with E-state index in [4.69, 9.17) is 11.6 Å². The Morgan fingerprint density at radius 1 is 1.61 bits per heavy atom. The number of rotatable bonds is 3. The Labute approximate surface area is 112 Å². The zero-order valence-electron chi connectivity index (χ0n) is 10.3. The second-order valence-corrected chi connectivity index (χ2v) is 5.12. The summed E-state index contributed by atoms with van der Waals surface area (Å²) in [6.45, 7) is 3.57. The van der Waals surface area contributed by atoms with Gasteiger partial charge in [-0.1, -0.05) is 11.6 Å². The summed E-state index contributed by atoms with van der Waals surface area (Å²) >= 11 is 5.86.